The molecule has 0 radical (unpaired) electrons. The molecule has 0 atom stereocenters. The molecule has 0 saturated heterocycles. The van der Waals surface area contributed by atoms with Gasteiger partial charge in [0.05, 0.1) is 11.8 Å². The number of aryl methyl sites for hydroxylation is 2. The molecule has 20 heavy (non-hydrogen) atoms. The number of nitrogens with zero attached hydrogens (tertiary/aromatic N) is 1. The van der Waals surface area contributed by atoms with E-state index in [0.29, 0.717) is 11.0 Å². The lowest BCUT2D eigenvalue weighted by Crippen LogP contribution is -2.25. The van der Waals surface area contributed by atoms with Crippen molar-refractivity contribution in [2.75, 3.05) is 6.54 Å². The Labute approximate surface area is 124 Å². The van der Waals surface area contributed by atoms with E-state index in [2.05, 4.69) is 31.4 Å². The second-order valence-corrected chi connectivity index (χ2v) is 5.42. The van der Waals surface area contributed by atoms with Gasteiger partial charge in [0.15, 0.2) is 0 Å². The van der Waals surface area contributed by atoms with Crippen LogP contribution in [-0.2, 0) is 6.42 Å². The number of carbonyl (C=O) groups excluding carboxylic acids is 1. The average molecular weight is 340 g/mol. The van der Waals surface area contributed by atoms with E-state index in [1.54, 1.807) is 12.3 Å². The number of aromatic amines is 1. The third-order valence-electron chi connectivity index (χ3n) is 3.02. The van der Waals surface area contributed by atoms with Gasteiger partial charge < -0.3 is 5.32 Å². The van der Waals surface area contributed by atoms with Crippen LogP contribution in [0, 0.1) is 12.7 Å². The van der Waals surface area contributed by atoms with Crippen molar-refractivity contribution in [3.63, 3.8) is 0 Å². The molecule has 4 nitrogen and oxygen atoms in total. The molecule has 0 aliphatic rings. The van der Waals surface area contributed by atoms with Gasteiger partial charge in [-0.05, 0) is 43.5 Å². The Hall–Kier alpha value is -1.69. The molecule has 0 saturated carbocycles. The van der Waals surface area contributed by atoms with Gasteiger partial charge in [0.25, 0.3) is 5.91 Å². The van der Waals surface area contributed by atoms with Crippen molar-refractivity contribution < 1.29 is 9.18 Å². The zero-order valence-corrected chi connectivity index (χ0v) is 12.6. The molecule has 2 N–H and O–H groups in total. The monoisotopic (exact) mass is 339 g/mol. The van der Waals surface area contributed by atoms with Crippen molar-refractivity contribution >= 4 is 21.8 Å². The number of hydrogen-bond acceptors (Lipinski definition) is 2. The van der Waals surface area contributed by atoms with Gasteiger partial charge in [-0.3, -0.25) is 9.89 Å². The first-order valence-corrected chi connectivity index (χ1v) is 7.09. The molecular weight excluding hydrogens is 325 g/mol. The van der Waals surface area contributed by atoms with E-state index < -0.39 is 11.7 Å². The maximum Gasteiger partial charge on any atom is 0.254 e. The lowest BCUT2D eigenvalue weighted by Gasteiger charge is -2.06. The SMILES string of the molecule is Cc1[nH]ncc1CCCNC(=O)c1cc(Br)ccc1F. The lowest BCUT2D eigenvalue weighted by atomic mass is 10.1. The molecule has 0 spiro atoms. The topological polar surface area (TPSA) is 57.8 Å². The van der Waals surface area contributed by atoms with Gasteiger partial charge in [0.1, 0.15) is 5.82 Å². The highest BCUT2D eigenvalue weighted by atomic mass is 79.9. The van der Waals surface area contributed by atoms with Crippen molar-refractivity contribution in [2.45, 2.75) is 19.8 Å². The Balaban J connectivity index is 1.83. The molecule has 1 heterocycles. The van der Waals surface area contributed by atoms with Crippen LogP contribution in [0.2, 0.25) is 0 Å². The van der Waals surface area contributed by atoms with E-state index in [1.165, 1.54) is 12.1 Å². The van der Waals surface area contributed by atoms with E-state index in [9.17, 15) is 9.18 Å². The smallest absolute Gasteiger partial charge is 0.254 e. The summed E-state index contributed by atoms with van der Waals surface area (Å²) in [6, 6.07) is 4.31. The Bertz CT molecular complexity index is 612. The van der Waals surface area contributed by atoms with E-state index in [0.717, 1.165) is 24.1 Å². The third-order valence-corrected chi connectivity index (χ3v) is 3.51. The van der Waals surface area contributed by atoms with Crippen LogP contribution in [0.15, 0.2) is 28.9 Å². The number of benzene rings is 1. The highest BCUT2D eigenvalue weighted by Crippen LogP contribution is 2.15. The number of halogens is 2. The van der Waals surface area contributed by atoms with Gasteiger partial charge in [-0.15, -0.1) is 0 Å². The predicted molar refractivity (Wildman–Crippen MR) is 78.1 cm³/mol. The molecular formula is C14H15BrFN3O. The minimum Gasteiger partial charge on any atom is -0.352 e. The summed E-state index contributed by atoms with van der Waals surface area (Å²) in [5.41, 5.74) is 2.22. The fourth-order valence-corrected chi connectivity index (χ4v) is 2.24. The molecule has 0 aliphatic heterocycles. The van der Waals surface area contributed by atoms with Gasteiger partial charge in [-0.2, -0.15) is 5.10 Å². The van der Waals surface area contributed by atoms with Crippen molar-refractivity contribution in [1.29, 1.82) is 0 Å². The van der Waals surface area contributed by atoms with Crippen LogP contribution < -0.4 is 5.32 Å². The number of aromatic nitrogens is 2. The summed E-state index contributed by atoms with van der Waals surface area (Å²) < 4.78 is 14.2. The Morgan fingerprint density at radius 3 is 3.00 bits per heavy atom. The predicted octanol–water partition coefficient (Wildman–Crippen LogP) is 2.98. The molecule has 6 heteroatoms. The normalized spacial score (nSPS) is 10.6. The summed E-state index contributed by atoms with van der Waals surface area (Å²) in [7, 11) is 0. The van der Waals surface area contributed by atoms with E-state index in [1.807, 2.05) is 6.92 Å². The zero-order valence-electron chi connectivity index (χ0n) is 11.0. The molecule has 106 valence electrons. The fourth-order valence-electron chi connectivity index (χ4n) is 1.88. The maximum absolute atomic E-state index is 13.5. The van der Waals surface area contributed by atoms with Crippen molar-refractivity contribution in [2.24, 2.45) is 0 Å². The summed E-state index contributed by atoms with van der Waals surface area (Å²) in [5.74, 6) is -0.913. The molecule has 1 aromatic heterocycles. The van der Waals surface area contributed by atoms with Crippen LogP contribution >= 0.6 is 15.9 Å². The van der Waals surface area contributed by atoms with E-state index in [4.69, 9.17) is 0 Å². The highest BCUT2D eigenvalue weighted by Gasteiger charge is 2.11. The molecule has 1 amide bonds. The molecule has 0 unspecified atom stereocenters. The first-order chi connectivity index (χ1) is 9.58. The second-order valence-electron chi connectivity index (χ2n) is 4.50. The largest absolute Gasteiger partial charge is 0.352 e. The summed E-state index contributed by atoms with van der Waals surface area (Å²) in [6.07, 6.45) is 3.39. The lowest BCUT2D eigenvalue weighted by molar-refractivity contribution is 0.0949. The van der Waals surface area contributed by atoms with Crippen molar-refractivity contribution in [3.8, 4) is 0 Å². The number of hydrogen-bond donors (Lipinski definition) is 2. The quantitative estimate of drug-likeness (QED) is 0.822. The Kier molecular flexibility index (Phi) is 4.89. The number of rotatable bonds is 5. The number of H-pyrrole nitrogens is 1. The van der Waals surface area contributed by atoms with Crippen molar-refractivity contribution in [1.82, 2.24) is 15.5 Å². The van der Waals surface area contributed by atoms with Gasteiger partial charge in [0, 0.05) is 16.7 Å². The molecule has 0 aliphatic carbocycles. The number of amides is 1. The minimum absolute atomic E-state index is 0.0545. The zero-order chi connectivity index (χ0) is 14.5. The molecule has 2 rings (SSSR count). The van der Waals surface area contributed by atoms with Gasteiger partial charge in [-0.25, -0.2) is 4.39 Å². The first-order valence-electron chi connectivity index (χ1n) is 6.30. The first kappa shape index (κ1) is 14.7. The second kappa shape index (κ2) is 6.65. The molecule has 0 bridgehead atoms. The Morgan fingerprint density at radius 2 is 2.30 bits per heavy atom. The summed E-state index contributed by atoms with van der Waals surface area (Å²) >= 11 is 3.22. The average Bonchev–Trinajstić information content (AvgIpc) is 2.83. The van der Waals surface area contributed by atoms with Crippen LogP contribution in [0.5, 0.6) is 0 Å². The van der Waals surface area contributed by atoms with Crippen LogP contribution in [-0.4, -0.2) is 22.6 Å². The van der Waals surface area contributed by atoms with Crippen LogP contribution in [0.25, 0.3) is 0 Å². The molecule has 2 aromatic rings. The summed E-state index contributed by atoms with van der Waals surface area (Å²) in [4.78, 5) is 11.9. The Morgan fingerprint density at radius 1 is 1.50 bits per heavy atom. The van der Waals surface area contributed by atoms with Gasteiger partial charge in [-0.1, -0.05) is 15.9 Å². The molecule has 0 fully saturated rings. The maximum atomic E-state index is 13.5. The molecule has 1 aromatic carbocycles. The van der Waals surface area contributed by atoms with Crippen LogP contribution in [0.1, 0.15) is 28.0 Å². The van der Waals surface area contributed by atoms with E-state index in [-0.39, 0.29) is 5.56 Å². The fraction of sp³-hybridized carbons (Fsp3) is 0.286. The van der Waals surface area contributed by atoms with Gasteiger partial charge >= 0.3 is 0 Å². The number of nitrogens with one attached hydrogen (secondary N) is 2. The standard InChI is InChI=1S/C14H15BrFN3O/c1-9-10(8-18-19-9)3-2-6-17-14(20)12-7-11(15)4-5-13(12)16/h4-5,7-8H,2-3,6H2,1H3,(H,17,20)(H,18,19). The van der Waals surface area contributed by atoms with Gasteiger partial charge in [0.2, 0.25) is 0 Å². The van der Waals surface area contributed by atoms with Crippen LogP contribution in [0.4, 0.5) is 4.39 Å². The van der Waals surface area contributed by atoms with Crippen LogP contribution in [0.3, 0.4) is 0 Å². The third kappa shape index (κ3) is 3.66. The summed E-state index contributed by atoms with van der Waals surface area (Å²) in [5, 5.41) is 9.52. The van der Waals surface area contributed by atoms with E-state index >= 15 is 0 Å². The van der Waals surface area contributed by atoms with Crippen molar-refractivity contribution in [3.05, 3.63) is 51.5 Å². The number of carbonyl (C=O) groups is 1. The highest BCUT2D eigenvalue weighted by molar-refractivity contribution is 9.10. The minimum atomic E-state index is -0.517. The summed E-state index contributed by atoms with van der Waals surface area (Å²) in [6.45, 7) is 2.45.